The molecule has 0 aromatic rings. The number of hydrogen-bond donors (Lipinski definition) is 2. The summed E-state index contributed by atoms with van der Waals surface area (Å²) in [6.07, 6.45) is 10.8. The molecule has 0 bridgehead atoms. The molecule has 0 aliphatic heterocycles. The zero-order valence-electron chi connectivity index (χ0n) is 9.80. The fraction of sp³-hybridized carbons (Fsp3) is 1.00. The number of nitrogens with two attached hydrogens (primary N) is 2. The van der Waals surface area contributed by atoms with Gasteiger partial charge in [-0.25, -0.2) is 0 Å². The van der Waals surface area contributed by atoms with Gasteiger partial charge in [-0.3, -0.25) is 0 Å². The third-order valence-electron chi connectivity index (χ3n) is 2.88. The van der Waals surface area contributed by atoms with E-state index in [0.29, 0.717) is 5.92 Å². The van der Waals surface area contributed by atoms with Crippen molar-refractivity contribution in [3.05, 3.63) is 0 Å². The van der Waals surface area contributed by atoms with Crippen molar-refractivity contribution in [3.8, 4) is 0 Å². The summed E-state index contributed by atoms with van der Waals surface area (Å²) < 4.78 is 0. The Morgan fingerprint density at radius 1 is 0.786 bits per heavy atom. The van der Waals surface area contributed by atoms with Gasteiger partial charge in [0.25, 0.3) is 0 Å². The van der Waals surface area contributed by atoms with Gasteiger partial charge in [-0.1, -0.05) is 51.9 Å². The molecule has 0 fully saturated rings. The van der Waals surface area contributed by atoms with Crippen molar-refractivity contribution in [3.63, 3.8) is 0 Å². The van der Waals surface area contributed by atoms with E-state index in [1.807, 2.05) is 0 Å². The van der Waals surface area contributed by atoms with E-state index in [2.05, 4.69) is 6.92 Å². The lowest BCUT2D eigenvalue weighted by Gasteiger charge is -2.10. The summed E-state index contributed by atoms with van der Waals surface area (Å²) in [4.78, 5) is 0. The summed E-state index contributed by atoms with van der Waals surface area (Å²) in [5.74, 6) is 0.561. The standard InChI is InChI=1S/C12H28N2/c1-2-3-4-5-6-7-8-9-12(10-13)11-14/h12H,2-11,13-14H2,1H3. The van der Waals surface area contributed by atoms with Crippen LogP contribution in [0.4, 0.5) is 0 Å². The molecule has 0 aromatic carbocycles. The SMILES string of the molecule is CCCCCCCCCC(CN)CN. The van der Waals surface area contributed by atoms with Crippen LogP contribution in [0.15, 0.2) is 0 Å². The first-order valence-corrected chi connectivity index (χ1v) is 6.25. The molecule has 0 saturated carbocycles. The second-order valence-electron chi connectivity index (χ2n) is 4.25. The van der Waals surface area contributed by atoms with Crippen LogP contribution in [0.1, 0.15) is 58.3 Å². The fourth-order valence-corrected chi connectivity index (χ4v) is 1.72. The summed E-state index contributed by atoms with van der Waals surface area (Å²) >= 11 is 0. The van der Waals surface area contributed by atoms with E-state index in [1.54, 1.807) is 0 Å². The Morgan fingerprint density at radius 2 is 1.29 bits per heavy atom. The maximum Gasteiger partial charge on any atom is -0.00368 e. The lowest BCUT2D eigenvalue weighted by atomic mass is 10.0. The molecule has 2 heteroatoms. The number of hydrogen-bond acceptors (Lipinski definition) is 2. The quantitative estimate of drug-likeness (QED) is 0.533. The van der Waals surface area contributed by atoms with E-state index in [0.717, 1.165) is 13.1 Å². The van der Waals surface area contributed by atoms with Crippen LogP contribution in [0.5, 0.6) is 0 Å². The molecule has 0 aromatic heterocycles. The molecule has 0 spiro atoms. The monoisotopic (exact) mass is 200 g/mol. The Balaban J connectivity index is 3.04. The third-order valence-corrected chi connectivity index (χ3v) is 2.88. The predicted octanol–water partition coefficient (Wildman–Crippen LogP) is 2.66. The minimum Gasteiger partial charge on any atom is -0.330 e. The normalized spacial score (nSPS) is 11.1. The Bertz CT molecular complexity index is 100. The largest absolute Gasteiger partial charge is 0.330 e. The minimum atomic E-state index is 0.561. The smallest absolute Gasteiger partial charge is 0.00368 e. The Hall–Kier alpha value is -0.0800. The first-order valence-electron chi connectivity index (χ1n) is 6.25. The molecule has 4 N–H and O–H groups in total. The highest BCUT2D eigenvalue weighted by atomic mass is 14.6. The van der Waals surface area contributed by atoms with Gasteiger partial charge < -0.3 is 11.5 Å². The Kier molecular flexibility index (Phi) is 10.9. The van der Waals surface area contributed by atoms with Crippen LogP contribution in [0.3, 0.4) is 0 Å². The summed E-state index contributed by atoms with van der Waals surface area (Å²) in [5.41, 5.74) is 11.2. The number of rotatable bonds is 10. The van der Waals surface area contributed by atoms with Gasteiger partial charge in [-0.15, -0.1) is 0 Å². The van der Waals surface area contributed by atoms with Gasteiger partial charge >= 0.3 is 0 Å². The highest BCUT2D eigenvalue weighted by molar-refractivity contribution is 4.60. The molecule has 0 saturated heterocycles. The van der Waals surface area contributed by atoms with E-state index in [-0.39, 0.29) is 0 Å². The van der Waals surface area contributed by atoms with Crippen molar-refractivity contribution in [2.45, 2.75) is 58.3 Å². The summed E-state index contributed by atoms with van der Waals surface area (Å²) in [5, 5.41) is 0. The average Bonchev–Trinajstić information content (AvgIpc) is 2.22. The predicted molar refractivity (Wildman–Crippen MR) is 64.2 cm³/mol. The van der Waals surface area contributed by atoms with Crippen molar-refractivity contribution < 1.29 is 0 Å². The summed E-state index contributed by atoms with van der Waals surface area (Å²) in [6.45, 7) is 3.77. The van der Waals surface area contributed by atoms with Crippen LogP contribution in [-0.4, -0.2) is 13.1 Å². The molecule has 0 amide bonds. The van der Waals surface area contributed by atoms with Crippen molar-refractivity contribution in [2.24, 2.45) is 17.4 Å². The molecule has 14 heavy (non-hydrogen) atoms. The summed E-state index contributed by atoms with van der Waals surface area (Å²) in [6, 6.07) is 0. The van der Waals surface area contributed by atoms with Crippen molar-refractivity contribution in [1.82, 2.24) is 0 Å². The first kappa shape index (κ1) is 13.9. The maximum atomic E-state index is 5.58. The van der Waals surface area contributed by atoms with Gasteiger partial charge in [0.05, 0.1) is 0 Å². The van der Waals surface area contributed by atoms with Gasteiger partial charge in [0.1, 0.15) is 0 Å². The van der Waals surface area contributed by atoms with Gasteiger partial charge in [0, 0.05) is 0 Å². The Labute approximate surface area is 89.4 Å². The van der Waals surface area contributed by atoms with E-state index >= 15 is 0 Å². The highest BCUT2D eigenvalue weighted by Gasteiger charge is 2.02. The molecule has 0 aliphatic rings. The van der Waals surface area contributed by atoms with E-state index in [9.17, 15) is 0 Å². The van der Waals surface area contributed by atoms with E-state index in [4.69, 9.17) is 11.5 Å². The maximum absolute atomic E-state index is 5.58. The first-order chi connectivity index (χ1) is 6.85. The zero-order valence-corrected chi connectivity index (χ0v) is 9.80. The van der Waals surface area contributed by atoms with Gasteiger partial charge in [0.15, 0.2) is 0 Å². The fourth-order valence-electron chi connectivity index (χ4n) is 1.72. The third kappa shape index (κ3) is 8.52. The van der Waals surface area contributed by atoms with Crippen LogP contribution in [-0.2, 0) is 0 Å². The second kappa shape index (κ2) is 11.0. The average molecular weight is 200 g/mol. The van der Waals surface area contributed by atoms with Gasteiger partial charge in [-0.2, -0.15) is 0 Å². The van der Waals surface area contributed by atoms with Crippen LogP contribution in [0, 0.1) is 5.92 Å². The van der Waals surface area contributed by atoms with E-state index in [1.165, 1.54) is 51.4 Å². The molecule has 0 rings (SSSR count). The highest BCUT2D eigenvalue weighted by Crippen LogP contribution is 2.11. The molecule has 86 valence electrons. The van der Waals surface area contributed by atoms with Crippen LogP contribution in [0.2, 0.25) is 0 Å². The number of unbranched alkanes of at least 4 members (excludes halogenated alkanes) is 6. The molecule has 2 nitrogen and oxygen atoms in total. The zero-order chi connectivity index (χ0) is 10.6. The van der Waals surface area contributed by atoms with Gasteiger partial charge in [-0.05, 0) is 25.4 Å². The van der Waals surface area contributed by atoms with Crippen LogP contribution in [0.25, 0.3) is 0 Å². The van der Waals surface area contributed by atoms with Crippen LogP contribution < -0.4 is 11.5 Å². The van der Waals surface area contributed by atoms with Crippen molar-refractivity contribution in [1.29, 1.82) is 0 Å². The van der Waals surface area contributed by atoms with Crippen molar-refractivity contribution in [2.75, 3.05) is 13.1 Å². The lowest BCUT2D eigenvalue weighted by molar-refractivity contribution is 0.465. The summed E-state index contributed by atoms with van der Waals surface area (Å²) in [7, 11) is 0. The molecule has 0 unspecified atom stereocenters. The van der Waals surface area contributed by atoms with Gasteiger partial charge in [0.2, 0.25) is 0 Å². The lowest BCUT2D eigenvalue weighted by Crippen LogP contribution is -2.22. The molecule has 0 heterocycles. The molecular formula is C12H28N2. The Morgan fingerprint density at radius 3 is 1.79 bits per heavy atom. The topological polar surface area (TPSA) is 52.0 Å². The van der Waals surface area contributed by atoms with E-state index < -0.39 is 0 Å². The molecular weight excluding hydrogens is 172 g/mol. The molecule has 0 radical (unpaired) electrons. The molecule has 0 aliphatic carbocycles. The second-order valence-corrected chi connectivity index (χ2v) is 4.25. The molecule has 0 atom stereocenters. The van der Waals surface area contributed by atoms with Crippen molar-refractivity contribution >= 4 is 0 Å². The van der Waals surface area contributed by atoms with Crippen LogP contribution >= 0.6 is 0 Å². The minimum absolute atomic E-state index is 0.561.